The van der Waals surface area contributed by atoms with Crippen LogP contribution in [0.15, 0.2) is 24.3 Å². The first-order chi connectivity index (χ1) is 12.8. The SMILES string of the molecule is Clc1nc(Cl)nc(Nc2ccccc2Cl)n1.NC(=O)O.NC(=O)O.NC(=O)O. The Morgan fingerprint density at radius 3 is 1.50 bits per heavy atom. The van der Waals surface area contributed by atoms with Gasteiger partial charge in [-0.3, -0.25) is 0 Å². The largest absolute Gasteiger partial charge is 0.465 e. The molecule has 1 heterocycles. The summed E-state index contributed by atoms with van der Waals surface area (Å²) in [6, 6.07) is 7.18. The lowest BCUT2D eigenvalue weighted by Crippen LogP contribution is -2.03. The maximum absolute atomic E-state index is 8.78. The van der Waals surface area contributed by atoms with Gasteiger partial charge in [0.2, 0.25) is 16.5 Å². The van der Waals surface area contributed by atoms with Crippen molar-refractivity contribution in [2.75, 3.05) is 5.32 Å². The molecule has 1 aromatic carbocycles. The number of amides is 3. The van der Waals surface area contributed by atoms with E-state index in [0.29, 0.717) is 10.7 Å². The van der Waals surface area contributed by atoms with Gasteiger partial charge in [-0.1, -0.05) is 23.7 Å². The molecule has 3 amide bonds. The van der Waals surface area contributed by atoms with Crippen molar-refractivity contribution < 1.29 is 29.7 Å². The van der Waals surface area contributed by atoms with Crippen LogP contribution in [0.3, 0.4) is 0 Å². The third kappa shape index (κ3) is 19.0. The van der Waals surface area contributed by atoms with E-state index < -0.39 is 18.3 Å². The molecule has 16 heteroatoms. The number of rotatable bonds is 2. The lowest BCUT2D eigenvalue weighted by molar-refractivity contribution is 0.204. The lowest BCUT2D eigenvalue weighted by atomic mass is 10.3. The van der Waals surface area contributed by atoms with Crippen molar-refractivity contribution >= 4 is 64.7 Å². The van der Waals surface area contributed by atoms with Crippen LogP contribution in [0.5, 0.6) is 0 Å². The second-order valence-electron chi connectivity index (χ2n) is 3.82. The summed E-state index contributed by atoms with van der Waals surface area (Å²) < 4.78 is 0. The number of anilines is 2. The van der Waals surface area contributed by atoms with Gasteiger partial charge in [0.15, 0.2) is 0 Å². The Hall–Kier alpha value is -3.29. The molecule has 2 aromatic rings. The van der Waals surface area contributed by atoms with Crippen molar-refractivity contribution in [3.63, 3.8) is 0 Å². The van der Waals surface area contributed by atoms with Gasteiger partial charge in [-0.05, 0) is 35.3 Å². The smallest absolute Gasteiger partial charge is 0.402 e. The molecule has 154 valence electrons. The second-order valence-corrected chi connectivity index (χ2v) is 4.90. The van der Waals surface area contributed by atoms with Gasteiger partial charge in [0.25, 0.3) is 0 Å². The second kappa shape index (κ2) is 14.8. The van der Waals surface area contributed by atoms with Crippen molar-refractivity contribution in [1.82, 2.24) is 15.0 Å². The lowest BCUT2D eigenvalue weighted by Gasteiger charge is -2.06. The van der Waals surface area contributed by atoms with E-state index in [2.05, 4.69) is 37.5 Å². The Labute approximate surface area is 172 Å². The van der Waals surface area contributed by atoms with Crippen LogP contribution in [-0.2, 0) is 0 Å². The number of halogens is 3. The van der Waals surface area contributed by atoms with Crippen molar-refractivity contribution in [3.8, 4) is 0 Å². The van der Waals surface area contributed by atoms with Crippen molar-refractivity contribution in [2.24, 2.45) is 17.2 Å². The molecule has 0 aliphatic heterocycles. The zero-order valence-corrected chi connectivity index (χ0v) is 15.9. The van der Waals surface area contributed by atoms with E-state index in [-0.39, 0.29) is 16.5 Å². The van der Waals surface area contributed by atoms with Crippen molar-refractivity contribution in [3.05, 3.63) is 39.9 Å². The van der Waals surface area contributed by atoms with E-state index in [1.807, 2.05) is 12.1 Å². The molecule has 13 nitrogen and oxygen atoms in total. The van der Waals surface area contributed by atoms with E-state index in [1.165, 1.54) is 0 Å². The topological polar surface area (TPSA) is 241 Å². The minimum Gasteiger partial charge on any atom is -0.465 e. The summed E-state index contributed by atoms with van der Waals surface area (Å²) in [5.74, 6) is 0.248. The first kappa shape index (κ1) is 26.9. The van der Waals surface area contributed by atoms with Gasteiger partial charge in [-0.2, -0.15) is 15.0 Å². The highest BCUT2D eigenvalue weighted by atomic mass is 35.5. The average Bonchev–Trinajstić information content (AvgIpc) is 2.47. The van der Waals surface area contributed by atoms with Gasteiger partial charge in [-0.15, -0.1) is 0 Å². The zero-order chi connectivity index (χ0) is 22.3. The van der Waals surface area contributed by atoms with E-state index in [9.17, 15) is 0 Å². The van der Waals surface area contributed by atoms with Crippen molar-refractivity contribution in [1.29, 1.82) is 0 Å². The molecule has 0 atom stereocenters. The van der Waals surface area contributed by atoms with Crippen LogP contribution in [-0.4, -0.2) is 48.6 Å². The summed E-state index contributed by atoms with van der Waals surface area (Å²) in [5, 5.41) is 25.1. The third-order valence-electron chi connectivity index (χ3n) is 1.70. The number of aromatic nitrogens is 3. The number of primary amides is 3. The highest BCUT2D eigenvalue weighted by Crippen LogP contribution is 2.23. The fraction of sp³-hybridized carbons (Fsp3) is 0. The minimum atomic E-state index is -1.33. The molecule has 0 saturated carbocycles. The van der Waals surface area contributed by atoms with Crippen LogP contribution < -0.4 is 22.5 Å². The van der Waals surface area contributed by atoms with Gasteiger partial charge in [0.05, 0.1) is 10.7 Å². The first-order valence-electron chi connectivity index (χ1n) is 6.39. The van der Waals surface area contributed by atoms with Gasteiger partial charge in [-0.25, -0.2) is 14.4 Å². The quantitative estimate of drug-likeness (QED) is 0.346. The Bertz CT molecular complexity index is 735. The predicted octanol–water partition coefficient (Wildman–Crippen LogP) is 2.44. The van der Waals surface area contributed by atoms with Crippen LogP contribution in [0.25, 0.3) is 0 Å². The summed E-state index contributed by atoms with van der Waals surface area (Å²) in [7, 11) is 0. The van der Waals surface area contributed by atoms with Gasteiger partial charge in [0.1, 0.15) is 0 Å². The Balaban J connectivity index is 0. The number of carbonyl (C=O) groups is 3. The molecule has 0 spiro atoms. The fourth-order valence-corrected chi connectivity index (χ4v) is 1.61. The summed E-state index contributed by atoms with van der Waals surface area (Å²) >= 11 is 17.2. The molecule has 0 radical (unpaired) electrons. The minimum absolute atomic E-state index is 0.0227. The van der Waals surface area contributed by atoms with Crippen molar-refractivity contribution in [2.45, 2.75) is 0 Å². The predicted molar refractivity (Wildman–Crippen MR) is 101 cm³/mol. The van der Waals surface area contributed by atoms with Gasteiger partial charge in [0, 0.05) is 0 Å². The number of carboxylic acid groups (broad SMARTS) is 3. The summed E-state index contributed by atoms with van der Waals surface area (Å²) in [5.41, 5.74) is 12.8. The molecule has 0 aliphatic carbocycles. The van der Waals surface area contributed by atoms with E-state index >= 15 is 0 Å². The Morgan fingerprint density at radius 2 is 1.14 bits per heavy atom. The van der Waals surface area contributed by atoms with E-state index in [1.54, 1.807) is 12.1 Å². The molecular formula is C12H14Cl3N7O6. The fourth-order valence-electron chi connectivity index (χ4n) is 1.06. The first-order valence-corrected chi connectivity index (χ1v) is 7.52. The Morgan fingerprint density at radius 1 is 0.786 bits per heavy atom. The number of nitrogens with zero attached hydrogens (tertiary/aromatic N) is 3. The molecule has 0 fully saturated rings. The molecule has 0 bridgehead atoms. The molecular weight excluding hydrogens is 445 g/mol. The molecule has 28 heavy (non-hydrogen) atoms. The summed E-state index contributed by atoms with van der Waals surface area (Å²) in [6.07, 6.45) is -4.00. The molecule has 10 N–H and O–H groups in total. The van der Waals surface area contributed by atoms with Crippen LogP contribution in [0, 0.1) is 0 Å². The average molecular weight is 459 g/mol. The number of benzene rings is 1. The van der Waals surface area contributed by atoms with E-state index in [4.69, 9.17) is 64.5 Å². The standard InChI is InChI=1S/C9H5Cl3N4.3CH3NO2/c10-5-3-1-2-4-6(5)13-9-15-7(11)14-8(12)16-9;3*2-1(3)4/h1-4H,(H,13,14,15,16);3*2H2,(H,3,4). The summed E-state index contributed by atoms with van der Waals surface area (Å²) in [6.45, 7) is 0. The highest BCUT2D eigenvalue weighted by Gasteiger charge is 2.05. The molecule has 0 aliphatic rings. The monoisotopic (exact) mass is 457 g/mol. The molecule has 2 rings (SSSR count). The van der Waals surface area contributed by atoms with Crippen LogP contribution >= 0.6 is 34.8 Å². The number of hydrogen-bond donors (Lipinski definition) is 7. The van der Waals surface area contributed by atoms with E-state index in [0.717, 1.165) is 0 Å². The number of para-hydroxylation sites is 1. The zero-order valence-electron chi connectivity index (χ0n) is 13.6. The Kier molecular flexibility index (Phi) is 14.3. The maximum Gasteiger partial charge on any atom is 0.402 e. The molecule has 0 saturated heterocycles. The number of nitrogens with two attached hydrogens (primary N) is 3. The number of nitrogens with one attached hydrogen (secondary N) is 1. The van der Waals surface area contributed by atoms with Gasteiger partial charge >= 0.3 is 18.3 Å². The maximum atomic E-state index is 8.78. The normalized spacial score (nSPS) is 8.39. The van der Waals surface area contributed by atoms with Gasteiger partial charge < -0.3 is 37.8 Å². The molecule has 1 aromatic heterocycles. The van der Waals surface area contributed by atoms with Crippen LogP contribution in [0.1, 0.15) is 0 Å². The van der Waals surface area contributed by atoms with Crippen LogP contribution in [0.4, 0.5) is 26.0 Å². The number of hydrogen-bond acceptors (Lipinski definition) is 7. The third-order valence-corrected chi connectivity index (χ3v) is 2.37. The highest BCUT2D eigenvalue weighted by molar-refractivity contribution is 6.33. The molecule has 0 unspecified atom stereocenters. The van der Waals surface area contributed by atoms with Crippen LogP contribution in [0.2, 0.25) is 15.6 Å². The summed E-state index contributed by atoms with van der Waals surface area (Å²) in [4.78, 5) is 37.7.